The number of amides is 1. The lowest BCUT2D eigenvalue weighted by molar-refractivity contribution is 0.0931. The lowest BCUT2D eigenvalue weighted by atomic mass is 10.0. The average molecular weight is 370 g/mol. The second kappa shape index (κ2) is 6.19. The standard InChI is InChI=1S/C18H19FN6O2/c1-10-7-12(23-14-8-13(20)21-9-22-14)17(27)25-15(10)16(26)24-18(25)5-2-3-11(19)4-6-18/h2,5,7-9,11H,3-4,6H2,1H3,(H,24,26)(H3,20,21,22,23). The van der Waals surface area contributed by atoms with Crippen LogP contribution in [0.1, 0.15) is 35.3 Å². The summed E-state index contributed by atoms with van der Waals surface area (Å²) < 4.78 is 15.3. The number of hydrogen-bond acceptors (Lipinski definition) is 6. The highest BCUT2D eigenvalue weighted by Gasteiger charge is 2.43. The van der Waals surface area contributed by atoms with Gasteiger partial charge in [-0.3, -0.25) is 14.2 Å². The highest BCUT2D eigenvalue weighted by Crippen LogP contribution is 2.34. The number of pyridine rings is 1. The Hall–Kier alpha value is -3.23. The fourth-order valence-corrected chi connectivity index (χ4v) is 3.67. The van der Waals surface area contributed by atoms with Crippen molar-refractivity contribution < 1.29 is 9.18 Å². The molecule has 9 heteroatoms. The fraction of sp³-hybridized carbons (Fsp3) is 0.333. The molecular formula is C18H19FN6O2. The van der Waals surface area contributed by atoms with Crippen LogP contribution >= 0.6 is 0 Å². The lowest BCUT2D eigenvalue weighted by Gasteiger charge is -2.28. The van der Waals surface area contributed by atoms with Gasteiger partial charge in [-0.15, -0.1) is 0 Å². The zero-order valence-corrected chi connectivity index (χ0v) is 14.7. The summed E-state index contributed by atoms with van der Waals surface area (Å²) in [4.78, 5) is 33.7. The minimum absolute atomic E-state index is 0.248. The molecule has 0 radical (unpaired) electrons. The van der Waals surface area contributed by atoms with Gasteiger partial charge in [-0.1, -0.05) is 6.08 Å². The number of aryl methyl sites for hydroxylation is 1. The number of fused-ring (bicyclic) bond motifs is 2. The molecule has 4 N–H and O–H groups in total. The van der Waals surface area contributed by atoms with Crippen LogP contribution in [0.4, 0.5) is 21.7 Å². The lowest BCUT2D eigenvalue weighted by Crippen LogP contribution is -2.46. The first-order chi connectivity index (χ1) is 12.9. The van der Waals surface area contributed by atoms with Crippen LogP contribution in [-0.4, -0.2) is 26.6 Å². The van der Waals surface area contributed by atoms with E-state index in [9.17, 15) is 14.0 Å². The molecule has 2 aliphatic rings. The number of halogens is 1. The Balaban J connectivity index is 1.85. The first kappa shape index (κ1) is 17.2. The molecule has 27 heavy (non-hydrogen) atoms. The number of carbonyl (C=O) groups is 1. The van der Waals surface area contributed by atoms with E-state index in [0.29, 0.717) is 17.8 Å². The number of anilines is 3. The Morgan fingerprint density at radius 2 is 2.19 bits per heavy atom. The number of hydrogen-bond donors (Lipinski definition) is 3. The van der Waals surface area contributed by atoms with Gasteiger partial charge >= 0.3 is 0 Å². The summed E-state index contributed by atoms with van der Waals surface area (Å²) in [6.07, 6.45) is 4.50. The van der Waals surface area contributed by atoms with Gasteiger partial charge in [0.25, 0.3) is 11.5 Å². The van der Waals surface area contributed by atoms with Crippen LogP contribution in [-0.2, 0) is 5.66 Å². The minimum atomic E-state index is -1.06. The monoisotopic (exact) mass is 370 g/mol. The third kappa shape index (κ3) is 2.84. The van der Waals surface area contributed by atoms with Crippen molar-refractivity contribution in [3.05, 3.63) is 52.2 Å². The van der Waals surface area contributed by atoms with Crippen molar-refractivity contribution in [1.29, 1.82) is 0 Å². The Bertz CT molecular complexity index is 1020. The zero-order valence-electron chi connectivity index (χ0n) is 14.7. The topological polar surface area (TPSA) is 115 Å². The van der Waals surface area contributed by atoms with E-state index in [2.05, 4.69) is 20.6 Å². The van der Waals surface area contributed by atoms with Crippen LogP contribution in [0.5, 0.6) is 0 Å². The van der Waals surface area contributed by atoms with Gasteiger partial charge < -0.3 is 16.4 Å². The van der Waals surface area contributed by atoms with E-state index in [4.69, 9.17) is 5.73 Å². The summed E-state index contributed by atoms with van der Waals surface area (Å²) in [7, 11) is 0. The number of aromatic nitrogens is 3. The smallest absolute Gasteiger partial charge is 0.277 e. The van der Waals surface area contributed by atoms with Crippen molar-refractivity contribution in [3.8, 4) is 0 Å². The number of nitrogens with two attached hydrogens (primary N) is 1. The number of carbonyl (C=O) groups excluding carboxylic acids is 1. The second-order valence-corrected chi connectivity index (χ2v) is 6.84. The van der Waals surface area contributed by atoms with Crippen molar-refractivity contribution in [1.82, 2.24) is 19.9 Å². The number of nitrogens with one attached hydrogen (secondary N) is 2. The normalized spacial score (nSPS) is 23.8. The average Bonchev–Trinajstić information content (AvgIpc) is 2.78. The number of nitrogens with zero attached hydrogens (tertiary/aromatic N) is 3. The fourth-order valence-electron chi connectivity index (χ4n) is 3.67. The van der Waals surface area contributed by atoms with Gasteiger partial charge in [0.1, 0.15) is 41.2 Å². The zero-order chi connectivity index (χ0) is 19.2. The molecule has 0 saturated heterocycles. The first-order valence-electron chi connectivity index (χ1n) is 8.65. The Morgan fingerprint density at radius 3 is 2.96 bits per heavy atom. The molecule has 2 aromatic heterocycles. The summed E-state index contributed by atoms with van der Waals surface area (Å²) in [5.74, 6) is 0.287. The van der Waals surface area contributed by atoms with E-state index in [-0.39, 0.29) is 35.9 Å². The first-order valence-corrected chi connectivity index (χ1v) is 8.65. The van der Waals surface area contributed by atoms with Crippen molar-refractivity contribution in [2.75, 3.05) is 11.1 Å². The van der Waals surface area contributed by atoms with Gasteiger partial charge in [0.15, 0.2) is 0 Å². The molecule has 1 aliphatic carbocycles. The van der Waals surface area contributed by atoms with Crippen LogP contribution in [0.2, 0.25) is 0 Å². The number of rotatable bonds is 2. The summed E-state index contributed by atoms with van der Waals surface area (Å²) in [6.45, 7) is 1.75. The molecule has 1 amide bonds. The number of allylic oxidation sites excluding steroid dienone is 1. The maximum Gasteiger partial charge on any atom is 0.277 e. The molecule has 3 heterocycles. The largest absolute Gasteiger partial charge is 0.384 e. The molecule has 2 atom stereocenters. The second-order valence-electron chi connectivity index (χ2n) is 6.84. The molecule has 8 nitrogen and oxygen atoms in total. The van der Waals surface area contributed by atoms with Crippen molar-refractivity contribution in [3.63, 3.8) is 0 Å². The predicted octanol–water partition coefficient (Wildman–Crippen LogP) is 1.75. The number of alkyl halides is 1. The van der Waals surface area contributed by atoms with Crippen LogP contribution < -0.4 is 21.9 Å². The highest BCUT2D eigenvalue weighted by atomic mass is 19.1. The summed E-state index contributed by atoms with van der Waals surface area (Å²) in [6, 6.07) is 3.11. The van der Waals surface area contributed by atoms with Gasteiger partial charge in [-0.05, 0) is 43.9 Å². The molecular weight excluding hydrogens is 351 g/mol. The summed E-state index contributed by atoms with van der Waals surface area (Å²) in [5.41, 5.74) is 5.37. The van der Waals surface area contributed by atoms with E-state index in [1.807, 2.05) is 0 Å². The molecule has 4 rings (SSSR count). The minimum Gasteiger partial charge on any atom is -0.384 e. The molecule has 140 valence electrons. The molecule has 0 saturated carbocycles. The molecule has 0 bridgehead atoms. The van der Waals surface area contributed by atoms with E-state index in [1.165, 1.54) is 17.0 Å². The van der Waals surface area contributed by atoms with Gasteiger partial charge in [0, 0.05) is 6.07 Å². The van der Waals surface area contributed by atoms with E-state index < -0.39 is 17.4 Å². The SMILES string of the molecule is Cc1cc(Nc2cc(N)ncn2)c(=O)n2c1C(=O)NC21C=CCC(F)CC1. The van der Waals surface area contributed by atoms with Crippen LogP contribution in [0.3, 0.4) is 0 Å². The molecule has 1 spiro atoms. The quantitative estimate of drug-likeness (QED) is 0.694. The maximum absolute atomic E-state index is 13.8. The van der Waals surface area contributed by atoms with Gasteiger partial charge in [-0.25, -0.2) is 14.4 Å². The Labute approximate surface area is 154 Å². The van der Waals surface area contributed by atoms with Gasteiger partial charge in [-0.2, -0.15) is 0 Å². The molecule has 2 unspecified atom stereocenters. The summed E-state index contributed by atoms with van der Waals surface area (Å²) >= 11 is 0. The van der Waals surface area contributed by atoms with E-state index >= 15 is 0 Å². The predicted molar refractivity (Wildman–Crippen MR) is 98.5 cm³/mol. The van der Waals surface area contributed by atoms with Crippen molar-refractivity contribution >= 4 is 23.2 Å². The molecule has 0 aromatic carbocycles. The third-order valence-electron chi connectivity index (χ3n) is 4.91. The number of nitrogen functional groups attached to an aromatic ring is 1. The van der Waals surface area contributed by atoms with Crippen molar-refractivity contribution in [2.45, 2.75) is 38.0 Å². The Kier molecular flexibility index (Phi) is 3.94. The summed E-state index contributed by atoms with van der Waals surface area (Å²) in [5, 5.41) is 5.82. The molecule has 0 fully saturated rings. The van der Waals surface area contributed by atoms with E-state index in [1.54, 1.807) is 25.1 Å². The van der Waals surface area contributed by atoms with Crippen LogP contribution in [0, 0.1) is 6.92 Å². The van der Waals surface area contributed by atoms with Crippen LogP contribution in [0.15, 0.2) is 35.4 Å². The van der Waals surface area contributed by atoms with Crippen LogP contribution in [0.25, 0.3) is 0 Å². The van der Waals surface area contributed by atoms with Gasteiger partial charge in [0.05, 0.1) is 0 Å². The highest BCUT2D eigenvalue weighted by molar-refractivity contribution is 5.97. The van der Waals surface area contributed by atoms with E-state index in [0.717, 1.165) is 0 Å². The maximum atomic E-state index is 13.8. The third-order valence-corrected chi connectivity index (χ3v) is 4.91. The molecule has 1 aliphatic heterocycles. The van der Waals surface area contributed by atoms with Gasteiger partial charge in [0.2, 0.25) is 0 Å². The van der Waals surface area contributed by atoms with Crippen molar-refractivity contribution in [2.24, 2.45) is 0 Å². The Morgan fingerprint density at radius 1 is 1.37 bits per heavy atom. The molecule has 2 aromatic rings.